The number of hydrogen-bond acceptors (Lipinski definition) is 7. The van der Waals surface area contributed by atoms with Crippen LogP contribution in [0, 0.1) is 5.92 Å². The summed E-state index contributed by atoms with van der Waals surface area (Å²) >= 11 is 1.44. The quantitative estimate of drug-likeness (QED) is 0.774. The summed E-state index contributed by atoms with van der Waals surface area (Å²) in [6.07, 6.45) is 2.90. The first kappa shape index (κ1) is 18.5. The molecule has 0 saturated carbocycles. The standard InChI is InChI=1S/C16H22N6O3S/c1-9(2)13(22-8-11(19-20-22)15-18-4-5-26-15)16(25)21-7-10(23)6-12(21)14(24)17-3/h4-5,8-10,12-13,23H,6-7H2,1-3H3,(H,17,24)/t10?,12-,13?/m1/s1. The van der Waals surface area contributed by atoms with Gasteiger partial charge in [-0.05, 0) is 5.92 Å². The van der Waals surface area contributed by atoms with Crippen molar-refractivity contribution in [3.05, 3.63) is 17.8 Å². The van der Waals surface area contributed by atoms with Gasteiger partial charge in [0.25, 0.3) is 0 Å². The van der Waals surface area contributed by atoms with Gasteiger partial charge in [-0.15, -0.1) is 16.4 Å². The lowest BCUT2D eigenvalue weighted by molar-refractivity contribution is -0.142. The van der Waals surface area contributed by atoms with Crippen LogP contribution < -0.4 is 5.32 Å². The summed E-state index contributed by atoms with van der Waals surface area (Å²) < 4.78 is 1.52. The topological polar surface area (TPSA) is 113 Å². The number of rotatable bonds is 5. The van der Waals surface area contributed by atoms with Gasteiger partial charge in [-0.2, -0.15) is 0 Å². The average molecular weight is 378 g/mol. The minimum absolute atomic E-state index is 0.0728. The highest BCUT2D eigenvalue weighted by molar-refractivity contribution is 7.13. The van der Waals surface area contributed by atoms with Crippen molar-refractivity contribution in [2.24, 2.45) is 5.92 Å². The van der Waals surface area contributed by atoms with Gasteiger partial charge < -0.3 is 15.3 Å². The van der Waals surface area contributed by atoms with Crippen LogP contribution in [0.2, 0.25) is 0 Å². The Morgan fingerprint density at radius 2 is 2.19 bits per heavy atom. The predicted molar refractivity (Wildman–Crippen MR) is 95.2 cm³/mol. The van der Waals surface area contributed by atoms with Crippen molar-refractivity contribution in [3.8, 4) is 10.7 Å². The third-order valence-corrected chi connectivity index (χ3v) is 5.24. The maximum absolute atomic E-state index is 13.2. The number of likely N-dealkylation sites (N-methyl/N-ethyl adjacent to an activating group) is 1. The van der Waals surface area contributed by atoms with Crippen LogP contribution >= 0.6 is 11.3 Å². The molecule has 10 heteroatoms. The predicted octanol–water partition coefficient (Wildman–Crippen LogP) is 0.306. The lowest BCUT2D eigenvalue weighted by atomic mass is 10.0. The number of thiazole rings is 1. The second-order valence-corrected chi connectivity index (χ2v) is 7.51. The third-order valence-electron chi connectivity index (χ3n) is 4.44. The van der Waals surface area contributed by atoms with Crippen molar-refractivity contribution in [2.45, 2.75) is 38.5 Å². The van der Waals surface area contributed by atoms with Crippen LogP contribution in [0.1, 0.15) is 26.3 Å². The Kier molecular flexibility index (Phi) is 5.33. The van der Waals surface area contributed by atoms with E-state index in [9.17, 15) is 14.7 Å². The highest BCUT2D eigenvalue weighted by Gasteiger charge is 2.42. The number of aliphatic hydroxyl groups excluding tert-OH is 1. The molecule has 0 aliphatic carbocycles. The van der Waals surface area contributed by atoms with E-state index in [1.54, 1.807) is 12.4 Å². The van der Waals surface area contributed by atoms with E-state index in [4.69, 9.17) is 0 Å². The zero-order chi connectivity index (χ0) is 18.8. The molecule has 0 spiro atoms. The number of likely N-dealkylation sites (tertiary alicyclic amines) is 1. The maximum atomic E-state index is 13.2. The molecule has 1 saturated heterocycles. The first-order valence-electron chi connectivity index (χ1n) is 8.44. The highest BCUT2D eigenvalue weighted by atomic mass is 32.1. The van der Waals surface area contributed by atoms with E-state index in [2.05, 4.69) is 20.6 Å². The number of β-amino-alcohol motifs (C(OH)–C–C–N with tert-alkyl or cyclic N) is 1. The molecule has 3 rings (SSSR count). The van der Waals surface area contributed by atoms with Crippen molar-refractivity contribution in [1.29, 1.82) is 0 Å². The van der Waals surface area contributed by atoms with Crippen LogP contribution in [-0.4, -0.2) is 67.5 Å². The smallest absolute Gasteiger partial charge is 0.248 e. The Hall–Kier alpha value is -2.33. The summed E-state index contributed by atoms with van der Waals surface area (Å²) in [5, 5.41) is 23.3. The van der Waals surface area contributed by atoms with Gasteiger partial charge in [-0.1, -0.05) is 19.1 Å². The highest BCUT2D eigenvalue weighted by Crippen LogP contribution is 2.28. The molecule has 2 unspecified atom stereocenters. The fourth-order valence-corrected chi connectivity index (χ4v) is 3.79. The summed E-state index contributed by atoms with van der Waals surface area (Å²) in [5.41, 5.74) is 0.600. The number of carbonyl (C=O) groups is 2. The summed E-state index contributed by atoms with van der Waals surface area (Å²) in [7, 11) is 1.52. The Labute approximate surface area is 155 Å². The summed E-state index contributed by atoms with van der Waals surface area (Å²) in [6.45, 7) is 3.96. The van der Waals surface area contributed by atoms with Crippen molar-refractivity contribution in [2.75, 3.05) is 13.6 Å². The fourth-order valence-electron chi connectivity index (χ4n) is 3.21. The molecule has 1 aliphatic heterocycles. The molecule has 9 nitrogen and oxygen atoms in total. The number of nitrogens with zero attached hydrogens (tertiary/aromatic N) is 5. The Bertz CT molecular complexity index is 775. The van der Waals surface area contributed by atoms with E-state index in [1.165, 1.54) is 28.0 Å². The van der Waals surface area contributed by atoms with Crippen LogP contribution in [0.4, 0.5) is 0 Å². The normalized spacial score (nSPS) is 21.2. The van der Waals surface area contributed by atoms with Crippen LogP contribution in [0.5, 0.6) is 0 Å². The van der Waals surface area contributed by atoms with E-state index in [0.717, 1.165) is 5.01 Å². The molecule has 3 atom stereocenters. The van der Waals surface area contributed by atoms with Gasteiger partial charge in [0.2, 0.25) is 11.8 Å². The molecule has 0 aromatic carbocycles. The third kappa shape index (κ3) is 3.47. The molecular formula is C16H22N6O3S. The number of nitrogens with one attached hydrogen (secondary N) is 1. The number of carbonyl (C=O) groups excluding carboxylic acids is 2. The molecule has 26 heavy (non-hydrogen) atoms. The zero-order valence-corrected chi connectivity index (χ0v) is 15.7. The first-order valence-corrected chi connectivity index (χ1v) is 9.32. The summed E-state index contributed by atoms with van der Waals surface area (Å²) in [4.78, 5) is 30.9. The van der Waals surface area contributed by atoms with Crippen LogP contribution in [0.15, 0.2) is 17.8 Å². The molecule has 0 radical (unpaired) electrons. The molecule has 2 aromatic rings. The molecule has 2 amide bonds. The van der Waals surface area contributed by atoms with E-state index in [1.807, 2.05) is 19.2 Å². The van der Waals surface area contributed by atoms with E-state index in [0.29, 0.717) is 5.69 Å². The summed E-state index contributed by atoms with van der Waals surface area (Å²) in [5.74, 6) is -0.600. The maximum Gasteiger partial charge on any atom is 0.248 e. The van der Waals surface area contributed by atoms with Crippen LogP contribution in [0.3, 0.4) is 0 Å². The van der Waals surface area contributed by atoms with Gasteiger partial charge in [0.1, 0.15) is 22.8 Å². The van der Waals surface area contributed by atoms with Crippen LogP contribution in [-0.2, 0) is 9.59 Å². The monoisotopic (exact) mass is 378 g/mol. The molecule has 140 valence electrons. The van der Waals surface area contributed by atoms with Gasteiger partial charge in [-0.25, -0.2) is 9.67 Å². The molecule has 1 aliphatic rings. The molecule has 2 N–H and O–H groups in total. The Morgan fingerprint density at radius 1 is 1.42 bits per heavy atom. The fraction of sp³-hybridized carbons (Fsp3) is 0.562. The second kappa shape index (κ2) is 7.50. The van der Waals surface area contributed by atoms with E-state index < -0.39 is 18.2 Å². The van der Waals surface area contributed by atoms with Crippen molar-refractivity contribution in [1.82, 2.24) is 30.2 Å². The molecule has 0 bridgehead atoms. The van der Waals surface area contributed by atoms with Gasteiger partial charge in [0.05, 0.1) is 12.3 Å². The number of hydrogen-bond donors (Lipinski definition) is 2. The van der Waals surface area contributed by atoms with Gasteiger partial charge in [-0.3, -0.25) is 9.59 Å². The van der Waals surface area contributed by atoms with Crippen LogP contribution in [0.25, 0.3) is 10.7 Å². The second-order valence-electron chi connectivity index (χ2n) is 6.62. The molecule has 3 heterocycles. The van der Waals surface area contributed by atoms with E-state index in [-0.39, 0.29) is 30.7 Å². The summed E-state index contributed by atoms with van der Waals surface area (Å²) in [6, 6.07) is -1.29. The van der Waals surface area contributed by atoms with Crippen molar-refractivity contribution >= 4 is 23.2 Å². The lowest BCUT2D eigenvalue weighted by Gasteiger charge is -2.29. The van der Waals surface area contributed by atoms with Gasteiger partial charge in [0.15, 0.2) is 0 Å². The first-order chi connectivity index (χ1) is 12.4. The molecule has 2 aromatic heterocycles. The zero-order valence-electron chi connectivity index (χ0n) is 14.9. The number of aliphatic hydroxyl groups is 1. The number of amides is 2. The SMILES string of the molecule is CNC(=O)[C@H]1CC(O)CN1C(=O)C(C(C)C)n1cc(-c2nccs2)nn1. The Balaban J connectivity index is 1.88. The lowest BCUT2D eigenvalue weighted by Crippen LogP contribution is -2.48. The van der Waals surface area contributed by atoms with Crippen molar-refractivity contribution in [3.63, 3.8) is 0 Å². The van der Waals surface area contributed by atoms with Gasteiger partial charge in [0, 0.05) is 31.6 Å². The molecule has 1 fully saturated rings. The van der Waals surface area contributed by atoms with E-state index >= 15 is 0 Å². The van der Waals surface area contributed by atoms with Gasteiger partial charge >= 0.3 is 0 Å². The minimum Gasteiger partial charge on any atom is -0.391 e. The number of aromatic nitrogens is 4. The average Bonchev–Trinajstić information content (AvgIpc) is 3.33. The largest absolute Gasteiger partial charge is 0.391 e. The minimum atomic E-state index is -0.712. The molecular weight excluding hydrogens is 356 g/mol. The Morgan fingerprint density at radius 3 is 2.81 bits per heavy atom. The van der Waals surface area contributed by atoms with Crippen molar-refractivity contribution < 1.29 is 14.7 Å².